The minimum Gasteiger partial charge on any atom is -0.756 e. The Morgan fingerprint density at radius 3 is 1.42 bits per heavy atom. The van der Waals surface area contributed by atoms with Crippen molar-refractivity contribution in [3.8, 4) is 0 Å². The van der Waals surface area contributed by atoms with Crippen LogP contribution < -0.4 is 10.2 Å². The number of amides is 1. The third-order valence-electron chi connectivity index (χ3n) is 12.1. The molecule has 0 aromatic carbocycles. The highest BCUT2D eigenvalue weighted by molar-refractivity contribution is 7.45. The fourth-order valence-electron chi connectivity index (χ4n) is 7.55. The molecule has 3 unspecified atom stereocenters. The molecule has 10 heteroatoms. The van der Waals surface area contributed by atoms with Gasteiger partial charge < -0.3 is 28.5 Å². The summed E-state index contributed by atoms with van der Waals surface area (Å²) in [5.74, 6) is -0.638. The number of ether oxygens (including phenoxy) is 1. The number of carbonyl (C=O) groups excluding carboxylic acids is 2. The van der Waals surface area contributed by atoms with Crippen LogP contribution in [0.5, 0.6) is 0 Å². The van der Waals surface area contributed by atoms with Crippen molar-refractivity contribution in [2.24, 2.45) is 0 Å². The molecule has 0 aliphatic rings. The Labute approximate surface area is 471 Å². The monoisotopic (exact) mass is 1080 g/mol. The van der Waals surface area contributed by atoms with Crippen molar-refractivity contribution in [3.63, 3.8) is 0 Å². The van der Waals surface area contributed by atoms with Crippen molar-refractivity contribution in [3.05, 3.63) is 158 Å². The Morgan fingerprint density at radius 1 is 0.481 bits per heavy atom. The van der Waals surface area contributed by atoms with Gasteiger partial charge in [0.25, 0.3) is 7.82 Å². The highest BCUT2D eigenvalue weighted by Crippen LogP contribution is 2.38. The third kappa shape index (κ3) is 56.2. The molecule has 0 bridgehead atoms. The van der Waals surface area contributed by atoms with E-state index < -0.39 is 26.6 Å². The second-order valence-electron chi connectivity index (χ2n) is 20.5. The van der Waals surface area contributed by atoms with Gasteiger partial charge in [-0.25, -0.2) is 0 Å². The van der Waals surface area contributed by atoms with E-state index in [1.807, 2.05) is 88.0 Å². The van der Waals surface area contributed by atoms with Crippen LogP contribution in [0.3, 0.4) is 0 Å². The number of rotatable bonds is 51. The molecule has 0 saturated heterocycles. The highest BCUT2D eigenvalue weighted by Gasteiger charge is 2.27. The lowest BCUT2D eigenvalue weighted by atomic mass is 10.1. The predicted molar refractivity (Wildman–Crippen MR) is 329 cm³/mol. The second-order valence-corrected chi connectivity index (χ2v) is 21.9. The van der Waals surface area contributed by atoms with Crippen LogP contribution in [0.2, 0.25) is 0 Å². The van der Waals surface area contributed by atoms with Gasteiger partial charge in [0.1, 0.15) is 19.3 Å². The van der Waals surface area contributed by atoms with E-state index in [0.29, 0.717) is 23.9 Å². The number of nitrogens with one attached hydrogen (secondary N) is 1. The maximum absolute atomic E-state index is 13.5. The van der Waals surface area contributed by atoms with Gasteiger partial charge in [0.15, 0.2) is 0 Å². The number of allylic oxidation sites excluding steroid dienone is 25. The van der Waals surface area contributed by atoms with Crippen LogP contribution in [0.25, 0.3) is 0 Å². The average molecular weight is 1090 g/mol. The second kappa shape index (κ2) is 55.0. The van der Waals surface area contributed by atoms with Crippen molar-refractivity contribution < 1.29 is 37.3 Å². The van der Waals surface area contributed by atoms with Crippen molar-refractivity contribution in [1.29, 1.82) is 0 Å². The summed E-state index contributed by atoms with van der Waals surface area (Å²) in [5, 5.41) is 2.98. The molecule has 0 saturated carbocycles. The van der Waals surface area contributed by atoms with Crippen LogP contribution in [-0.2, 0) is 27.9 Å². The number of phosphoric acid groups is 1. The highest BCUT2D eigenvalue weighted by atomic mass is 31.2. The number of phosphoric ester groups is 1. The van der Waals surface area contributed by atoms with Crippen LogP contribution in [0.4, 0.5) is 0 Å². The predicted octanol–water partition coefficient (Wildman–Crippen LogP) is 17.8. The maximum atomic E-state index is 13.5. The SMILES string of the molecule is CC\C=C/C=C/C=C/C=C\C=C\C=C\CCCCCC(=O)NC(COP(=O)([O-])OCC[N+](C)(C)C)C(/C=C\CCCCCCCCCCC)OC(=O)CCCCCC/C=C\C/C=C\C/C=C\C/C=C\C/C=C\C/C=C\CC. The minimum absolute atomic E-state index is 0.0461. The van der Waals surface area contributed by atoms with Gasteiger partial charge in [0.05, 0.1) is 33.8 Å². The Hall–Kier alpha value is -4.37. The number of unbranched alkanes of at least 4 members (excludes halogenated alkanes) is 16. The van der Waals surface area contributed by atoms with E-state index in [1.165, 1.54) is 44.9 Å². The first kappa shape index (κ1) is 72.6. The Bertz CT molecular complexity index is 1870. The maximum Gasteiger partial charge on any atom is 0.306 e. The Morgan fingerprint density at radius 2 is 0.896 bits per heavy atom. The average Bonchev–Trinajstić information content (AvgIpc) is 3.39. The standard InChI is InChI=1S/C67H109N2O7P/c1-7-10-13-16-19-22-25-27-29-31-32-33-34-35-36-38-40-42-45-48-51-54-57-60-67(71)76-65(58-55-52-49-46-43-24-21-18-15-12-9-3)64(63-75-77(72,73)74-62-61-69(4,5)6)68-66(70)59-56-53-50-47-44-41-39-37-30-28-26-23-20-17-14-11-8-2/h10-11,13-14,17,19-20,22-23,26-30,32-33,35-37,39-42,44,55,58,64-65H,7-9,12,15-16,18,21,24-25,31,34,38,43,45-54,56-57,59-63H2,1-6H3,(H-,68,70,72,73)/b13-10-,14-11-,20-17+,22-19-,26-23+,29-27-,30-28-,33-32-,36-35-,39-37+,42-40-,44-41+,58-55-. The van der Waals surface area contributed by atoms with E-state index in [2.05, 4.69) is 111 Å². The van der Waals surface area contributed by atoms with Crippen LogP contribution in [-0.4, -0.2) is 69.4 Å². The quantitative estimate of drug-likeness (QED) is 0.0161. The summed E-state index contributed by atoms with van der Waals surface area (Å²) in [7, 11) is 1.11. The van der Waals surface area contributed by atoms with E-state index >= 15 is 0 Å². The summed E-state index contributed by atoms with van der Waals surface area (Å²) in [5.41, 5.74) is 0. The lowest BCUT2D eigenvalue weighted by Crippen LogP contribution is -2.47. The fraction of sp³-hybridized carbons (Fsp3) is 0.582. The number of esters is 1. The van der Waals surface area contributed by atoms with Crippen molar-refractivity contribution in [1.82, 2.24) is 5.32 Å². The minimum atomic E-state index is -4.73. The molecule has 0 aliphatic heterocycles. The topological polar surface area (TPSA) is 114 Å². The molecule has 3 atom stereocenters. The summed E-state index contributed by atoms with van der Waals surface area (Å²) < 4.78 is 30.2. The summed E-state index contributed by atoms with van der Waals surface area (Å²) in [6.45, 7) is 6.48. The molecule has 434 valence electrons. The van der Waals surface area contributed by atoms with Gasteiger partial charge in [-0.15, -0.1) is 0 Å². The number of carbonyl (C=O) groups is 2. The lowest BCUT2D eigenvalue weighted by Gasteiger charge is -2.30. The zero-order valence-electron chi connectivity index (χ0n) is 49.3. The summed E-state index contributed by atoms with van der Waals surface area (Å²) >= 11 is 0. The van der Waals surface area contributed by atoms with Crippen molar-refractivity contribution >= 4 is 19.7 Å². The zero-order chi connectivity index (χ0) is 56.4. The summed E-state index contributed by atoms with van der Waals surface area (Å²) in [4.78, 5) is 39.9. The zero-order valence-corrected chi connectivity index (χ0v) is 50.2. The summed E-state index contributed by atoms with van der Waals surface area (Å²) in [6.07, 6.45) is 80.7. The van der Waals surface area contributed by atoms with E-state index in [1.54, 1.807) is 6.08 Å². The normalized spacial score (nSPS) is 14.8. The first-order valence-corrected chi connectivity index (χ1v) is 31.3. The third-order valence-corrected chi connectivity index (χ3v) is 13.1. The van der Waals surface area contributed by atoms with Gasteiger partial charge in [0, 0.05) is 12.8 Å². The molecule has 77 heavy (non-hydrogen) atoms. The molecule has 1 amide bonds. The van der Waals surface area contributed by atoms with Crippen LogP contribution >= 0.6 is 7.82 Å². The number of likely N-dealkylation sites (N-methyl/N-ethyl adjacent to an activating group) is 1. The van der Waals surface area contributed by atoms with E-state index in [9.17, 15) is 19.0 Å². The molecular weight excluding hydrogens is 976 g/mol. The van der Waals surface area contributed by atoms with Gasteiger partial charge >= 0.3 is 5.97 Å². The van der Waals surface area contributed by atoms with Gasteiger partial charge in [-0.05, 0) is 102 Å². The van der Waals surface area contributed by atoms with Gasteiger partial charge in [-0.1, -0.05) is 243 Å². The molecule has 0 fully saturated rings. The smallest absolute Gasteiger partial charge is 0.306 e. The van der Waals surface area contributed by atoms with Crippen LogP contribution in [0, 0.1) is 0 Å². The molecule has 0 aromatic rings. The van der Waals surface area contributed by atoms with Gasteiger partial charge in [-0.2, -0.15) is 0 Å². The van der Waals surface area contributed by atoms with Crippen LogP contribution in [0.1, 0.15) is 201 Å². The molecule has 0 spiro atoms. The Kier molecular flexibility index (Phi) is 51.8. The van der Waals surface area contributed by atoms with E-state index in [-0.39, 0.29) is 31.3 Å². The Balaban J connectivity index is 5.39. The number of nitrogens with zero attached hydrogens (tertiary/aromatic N) is 1. The molecule has 0 heterocycles. The van der Waals surface area contributed by atoms with Crippen LogP contribution in [0.15, 0.2) is 158 Å². The van der Waals surface area contributed by atoms with E-state index in [0.717, 1.165) is 109 Å². The summed E-state index contributed by atoms with van der Waals surface area (Å²) in [6, 6.07) is -0.935. The van der Waals surface area contributed by atoms with Crippen molar-refractivity contribution in [2.45, 2.75) is 213 Å². The largest absolute Gasteiger partial charge is 0.756 e. The fourth-order valence-corrected chi connectivity index (χ4v) is 8.28. The molecule has 0 rings (SSSR count). The van der Waals surface area contributed by atoms with Crippen molar-refractivity contribution in [2.75, 3.05) is 40.9 Å². The number of hydrogen-bond acceptors (Lipinski definition) is 7. The lowest BCUT2D eigenvalue weighted by molar-refractivity contribution is -0.870. The molecule has 9 nitrogen and oxygen atoms in total. The molecule has 0 aromatic heterocycles. The molecule has 0 aliphatic carbocycles. The molecule has 0 radical (unpaired) electrons. The first-order chi connectivity index (χ1) is 37.4. The van der Waals surface area contributed by atoms with E-state index in [4.69, 9.17) is 13.8 Å². The molecular formula is C67H109N2O7P. The van der Waals surface area contributed by atoms with Gasteiger partial charge in [0.2, 0.25) is 5.91 Å². The number of hydrogen-bond donors (Lipinski definition) is 1. The molecule has 1 N–H and O–H groups in total. The first-order valence-electron chi connectivity index (χ1n) is 29.9. The number of quaternary nitrogens is 1. The van der Waals surface area contributed by atoms with Gasteiger partial charge in [-0.3, -0.25) is 14.2 Å².